The van der Waals surface area contributed by atoms with Crippen molar-refractivity contribution in [1.82, 2.24) is 0 Å². The van der Waals surface area contributed by atoms with Crippen LogP contribution in [0.3, 0.4) is 0 Å². The third-order valence-corrected chi connectivity index (χ3v) is 2.65. The Hall–Kier alpha value is -1.23. The third kappa shape index (κ3) is 2.88. The number of ether oxygens (including phenoxy) is 1. The molecule has 0 aromatic heterocycles. The molecule has 3 nitrogen and oxygen atoms in total. The van der Waals surface area contributed by atoms with Gasteiger partial charge in [-0.1, -0.05) is 28.1 Å². The van der Waals surface area contributed by atoms with Gasteiger partial charge in [-0.15, -0.1) is 0 Å². The van der Waals surface area contributed by atoms with E-state index < -0.39 is 22.4 Å². The lowest BCUT2D eigenvalue weighted by atomic mass is 10.1. The Balaban J connectivity index is 2.86. The summed E-state index contributed by atoms with van der Waals surface area (Å²) in [7, 11) is 0. The summed E-state index contributed by atoms with van der Waals surface area (Å²) in [5, 5.41) is 0. The monoisotopic (exact) mass is 288 g/mol. The zero-order valence-electron chi connectivity index (χ0n) is 8.57. The lowest BCUT2D eigenvalue weighted by Crippen LogP contribution is -2.27. The van der Waals surface area contributed by atoms with Gasteiger partial charge in [0.25, 0.3) is 0 Å². The Kier molecular flexibility index (Phi) is 4.61. The number of carbonyl (C=O) groups excluding carboxylic acids is 2. The van der Waals surface area contributed by atoms with Crippen LogP contribution in [0.15, 0.2) is 24.3 Å². The van der Waals surface area contributed by atoms with Crippen LogP contribution in [0.2, 0.25) is 0 Å². The van der Waals surface area contributed by atoms with Gasteiger partial charge in [-0.25, -0.2) is 4.39 Å². The van der Waals surface area contributed by atoms with Gasteiger partial charge in [-0.3, -0.25) is 9.59 Å². The molecule has 86 valence electrons. The molecule has 16 heavy (non-hydrogen) atoms. The molecule has 0 spiro atoms. The first-order valence-corrected chi connectivity index (χ1v) is 5.59. The van der Waals surface area contributed by atoms with Crippen molar-refractivity contribution in [3.8, 4) is 0 Å². The molecule has 0 fully saturated rings. The molecule has 5 heteroatoms. The van der Waals surface area contributed by atoms with Gasteiger partial charge in [0, 0.05) is 0 Å². The number of rotatable bonds is 4. The average molecular weight is 289 g/mol. The van der Waals surface area contributed by atoms with Crippen LogP contribution < -0.4 is 0 Å². The van der Waals surface area contributed by atoms with E-state index in [9.17, 15) is 14.0 Å². The van der Waals surface area contributed by atoms with Gasteiger partial charge in [-0.05, 0) is 19.1 Å². The largest absolute Gasteiger partial charge is 0.465 e. The lowest BCUT2D eigenvalue weighted by molar-refractivity contribution is -0.141. The number of hydrogen-bond donors (Lipinski definition) is 0. The molecule has 0 N–H and O–H groups in total. The van der Waals surface area contributed by atoms with Crippen LogP contribution in [-0.4, -0.2) is 23.2 Å². The molecular weight excluding hydrogens is 279 g/mol. The minimum absolute atomic E-state index is 0.127. The van der Waals surface area contributed by atoms with Crippen LogP contribution >= 0.6 is 15.9 Å². The molecule has 1 aromatic rings. The Morgan fingerprint density at radius 2 is 2.06 bits per heavy atom. The van der Waals surface area contributed by atoms with Crippen molar-refractivity contribution < 1.29 is 18.7 Å². The number of carbonyl (C=O) groups is 2. The molecule has 1 unspecified atom stereocenters. The van der Waals surface area contributed by atoms with E-state index in [4.69, 9.17) is 0 Å². The van der Waals surface area contributed by atoms with Crippen molar-refractivity contribution in [3.63, 3.8) is 0 Å². The quantitative estimate of drug-likeness (QED) is 0.370. The Labute approximate surface area is 101 Å². The van der Waals surface area contributed by atoms with Crippen LogP contribution in [0.25, 0.3) is 0 Å². The molecule has 1 atom stereocenters. The van der Waals surface area contributed by atoms with E-state index in [-0.39, 0.29) is 12.2 Å². The second-order valence-electron chi connectivity index (χ2n) is 2.96. The van der Waals surface area contributed by atoms with Gasteiger partial charge in [0.05, 0.1) is 12.2 Å². The average Bonchev–Trinajstić information content (AvgIpc) is 2.28. The molecule has 0 amide bonds. The standard InChI is InChI=1S/C11H10BrFO3/c1-2-16-11(15)9(12)10(14)7-5-3-4-6-8(7)13/h3-6,9H,2H2,1H3. The molecule has 0 aliphatic heterocycles. The van der Waals surface area contributed by atoms with Crippen molar-refractivity contribution in [2.75, 3.05) is 6.61 Å². The molecule has 0 bridgehead atoms. The van der Waals surface area contributed by atoms with Gasteiger partial charge >= 0.3 is 5.97 Å². The summed E-state index contributed by atoms with van der Waals surface area (Å²) in [5.41, 5.74) is -0.127. The summed E-state index contributed by atoms with van der Waals surface area (Å²) in [6.07, 6.45) is 0. The van der Waals surface area contributed by atoms with Crippen LogP contribution in [0.4, 0.5) is 4.39 Å². The number of benzene rings is 1. The number of hydrogen-bond acceptors (Lipinski definition) is 3. The predicted octanol–water partition coefficient (Wildman–Crippen LogP) is 2.33. The highest BCUT2D eigenvalue weighted by atomic mass is 79.9. The van der Waals surface area contributed by atoms with Gasteiger partial charge < -0.3 is 4.74 Å². The maximum atomic E-state index is 13.3. The topological polar surface area (TPSA) is 43.4 Å². The van der Waals surface area contributed by atoms with E-state index in [1.54, 1.807) is 6.92 Å². The highest BCUT2D eigenvalue weighted by Crippen LogP contribution is 2.14. The molecule has 0 radical (unpaired) electrons. The number of esters is 1. The van der Waals surface area contributed by atoms with Gasteiger partial charge in [0.1, 0.15) is 5.82 Å². The Morgan fingerprint density at radius 1 is 1.44 bits per heavy atom. The fourth-order valence-corrected chi connectivity index (χ4v) is 1.50. The summed E-state index contributed by atoms with van der Waals surface area (Å²) in [6, 6.07) is 5.49. The molecule has 0 heterocycles. The minimum atomic E-state index is -1.16. The Morgan fingerprint density at radius 3 is 2.62 bits per heavy atom. The maximum absolute atomic E-state index is 13.3. The smallest absolute Gasteiger partial charge is 0.327 e. The SMILES string of the molecule is CCOC(=O)C(Br)C(=O)c1ccccc1F. The van der Waals surface area contributed by atoms with E-state index in [2.05, 4.69) is 20.7 Å². The van der Waals surface area contributed by atoms with Crippen molar-refractivity contribution in [2.45, 2.75) is 11.8 Å². The molecule has 0 saturated carbocycles. The fourth-order valence-electron chi connectivity index (χ4n) is 1.12. The zero-order valence-corrected chi connectivity index (χ0v) is 10.2. The Bertz CT molecular complexity index is 406. The second-order valence-corrected chi connectivity index (χ2v) is 3.87. The predicted molar refractivity (Wildman–Crippen MR) is 60.1 cm³/mol. The maximum Gasteiger partial charge on any atom is 0.327 e. The summed E-state index contributed by atoms with van der Waals surface area (Å²) in [4.78, 5) is 21.8. The highest BCUT2D eigenvalue weighted by molar-refractivity contribution is 9.10. The summed E-state index contributed by atoms with van der Waals surface area (Å²) < 4.78 is 17.9. The van der Waals surface area contributed by atoms with Crippen molar-refractivity contribution in [1.29, 1.82) is 0 Å². The van der Waals surface area contributed by atoms with E-state index in [0.717, 1.165) is 6.07 Å². The van der Waals surface area contributed by atoms with Crippen LogP contribution in [-0.2, 0) is 9.53 Å². The molecule has 0 aliphatic carbocycles. The van der Waals surface area contributed by atoms with E-state index in [0.29, 0.717) is 0 Å². The minimum Gasteiger partial charge on any atom is -0.465 e. The van der Waals surface area contributed by atoms with Crippen LogP contribution in [0.5, 0.6) is 0 Å². The number of Topliss-reactive ketones (excluding diaryl/α,β-unsaturated/α-hetero) is 1. The first-order valence-electron chi connectivity index (χ1n) is 4.67. The van der Waals surface area contributed by atoms with Crippen LogP contribution in [0.1, 0.15) is 17.3 Å². The van der Waals surface area contributed by atoms with Gasteiger partial charge in [-0.2, -0.15) is 0 Å². The van der Waals surface area contributed by atoms with E-state index in [1.807, 2.05) is 0 Å². The van der Waals surface area contributed by atoms with Crippen molar-refractivity contribution in [2.24, 2.45) is 0 Å². The fraction of sp³-hybridized carbons (Fsp3) is 0.273. The third-order valence-electron chi connectivity index (χ3n) is 1.86. The van der Waals surface area contributed by atoms with Crippen molar-refractivity contribution in [3.05, 3.63) is 35.6 Å². The molecule has 1 rings (SSSR count). The molecule has 1 aromatic carbocycles. The summed E-state index contributed by atoms with van der Waals surface area (Å²) in [6.45, 7) is 1.80. The second kappa shape index (κ2) is 5.75. The highest BCUT2D eigenvalue weighted by Gasteiger charge is 2.27. The molecule has 0 saturated heterocycles. The lowest BCUT2D eigenvalue weighted by Gasteiger charge is -2.08. The number of halogens is 2. The van der Waals surface area contributed by atoms with E-state index >= 15 is 0 Å². The molecule has 0 aliphatic rings. The van der Waals surface area contributed by atoms with Gasteiger partial charge in [0.2, 0.25) is 0 Å². The van der Waals surface area contributed by atoms with Crippen LogP contribution in [0, 0.1) is 5.82 Å². The summed E-state index contributed by atoms with van der Waals surface area (Å²) in [5.74, 6) is -2.01. The van der Waals surface area contributed by atoms with Crippen molar-refractivity contribution >= 4 is 27.7 Å². The number of ketones is 1. The normalized spacial score (nSPS) is 11.9. The number of alkyl halides is 1. The van der Waals surface area contributed by atoms with E-state index in [1.165, 1.54) is 18.2 Å². The summed E-state index contributed by atoms with van der Waals surface area (Å²) >= 11 is 2.89. The first kappa shape index (κ1) is 12.8. The zero-order chi connectivity index (χ0) is 12.1. The first-order chi connectivity index (χ1) is 7.57. The van der Waals surface area contributed by atoms with Gasteiger partial charge in [0.15, 0.2) is 10.6 Å². The molecular formula is C11H10BrFO3.